The zero-order chi connectivity index (χ0) is 17.1. The molecule has 122 valence electrons. The smallest absolute Gasteiger partial charge is 0.338 e. The first-order chi connectivity index (χ1) is 11.5. The van der Waals surface area contributed by atoms with Crippen LogP contribution in [0.2, 0.25) is 0 Å². The molecule has 1 atom stereocenters. The highest BCUT2D eigenvalue weighted by Gasteiger charge is 2.19. The first-order valence-electron chi connectivity index (χ1n) is 7.54. The number of fused-ring (bicyclic) bond motifs is 1. The van der Waals surface area contributed by atoms with Crippen molar-refractivity contribution in [3.8, 4) is 0 Å². The van der Waals surface area contributed by atoms with E-state index in [1.807, 2.05) is 25.1 Å². The average Bonchev–Trinajstić information content (AvgIpc) is 3.02. The maximum Gasteiger partial charge on any atom is 0.338 e. The maximum absolute atomic E-state index is 12.2. The Morgan fingerprint density at radius 2 is 2.04 bits per heavy atom. The van der Waals surface area contributed by atoms with E-state index < -0.39 is 12.1 Å². The van der Waals surface area contributed by atoms with Crippen LogP contribution in [0, 0.1) is 6.92 Å². The molecule has 3 aromatic rings. The van der Waals surface area contributed by atoms with Crippen LogP contribution in [0.25, 0.3) is 11.0 Å². The molecule has 0 saturated carbocycles. The number of carbonyl (C=O) groups excluding carboxylic acids is 2. The molecule has 0 saturated heterocycles. The molecule has 0 fully saturated rings. The number of esters is 1. The number of imidazole rings is 1. The Kier molecular flexibility index (Phi) is 4.29. The summed E-state index contributed by atoms with van der Waals surface area (Å²) in [5.74, 6) is -0.935. The highest BCUT2D eigenvalue weighted by atomic mass is 16.5. The molecule has 0 bridgehead atoms. The maximum atomic E-state index is 12.2. The van der Waals surface area contributed by atoms with Gasteiger partial charge in [0.25, 0.3) is 5.91 Å². The summed E-state index contributed by atoms with van der Waals surface area (Å²) in [6, 6.07) is 12.4. The molecule has 6 nitrogen and oxygen atoms in total. The van der Waals surface area contributed by atoms with Gasteiger partial charge in [0.2, 0.25) is 0 Å². The van der Waals surface area contributed by atoms with Gasteiger partial charge in [-0.15, -0.1) is 0 Å². The van der Waals surface area contributed by atoms with Crippen LogP contribution in [0.5, 0.6) is 0 Å². The van der Waals surface area contributed by atoms with Crippen LogP contribution >= 0.6 is 0 Å². The van der Waals surface area contributed by atoms with Gasteiger partial charge in [-0.3, -0.25) is 4.79 Å². The lowest BCUT2D eigenvalue weighted by Crippen LogP contribution is -2.30. The Hall–Kier alpha value is -3.15. The Balaban J connectivity index is 1.65. The molecular weight excluding hydrogens is 306 g/mol. The second-order valence-electron chi connectivity index (χ2n) is 5.54. The molecule has 0 aliphatic carbocycles. The van der Waals surface area contributed by atoms with E-state index in [0.717, 1.165) is 16.6 Å². The van der Waals surface area contributed by atoms with Crippen LogP contribution in [0.15, 0.2) is 48.8 Å². The van der Waals surface area contributed by atoms with E-state index in [-0.39, 0.29) is 5.91 Å². The van der Waals surface area contributed by atoms with E-state index in [1.54, 1.807) is 30.6 Å². The van der Waals surface area contributed by atoms with Gasteiger partial charge in [-0.05, 0) is 49.7 Å². The van der Waals surface area contributed by atoms with Crippen molar-refractivity contribution < 1.29 is 14.3 Å². The normalized spacial score (nSPS) is 11.9. The third-order valence-electron chi connectivity index (χ3n) is 3.59. The van der Waals surface area contributed by atoms with E-state index in [9.17, 15) is 9.59 Å². The van der Waals surface area contributed by atoms with E-state index in [1.165, 1.54) is 6.92 Å². The van der Waals surface area contributed by atoms with Gasteiger partial charge in [0.1, 0.15) is 0 Å². The fraction of sp³-hybridized carbons (Fsp3) is 0.167. The molecule has 1 amide bonds. The number of aromatic nitrogens is 2. The van der Waals surface area contributed by atoms with Crippen LogP contribution in [0.4, 0.5) is 5.69 Å². The number of nitrogens with one attached hydrogen (secondary N) is 2. The van der Waals surface area contributed by atoms with Crippen molar-refractivity contribution in [1.82, 2.24) is 9.97 Å². The van der Waals surface area contributed by atoms with Gasteiger partial charge in [0.05, 0.1) is 22.9 Å². The molecule has 1 heterocycles. The van der Waals surface area contributed by atoms with Crippen molar-refractivity contribution in [3.63, 3.8) is 0 Å². The molecular formula is C18H17N3O3. The number of ether oxygens (including phenoxy) is 1. The van der Waals surface area contributed by atoms with Crippen molar-refractivity contribution in [3.05, 3.63) is 59.9 Å². The lowest BCUT2D eigenvalue weighted by Gasteiger charge is -2.14. The molecule has 6 heteroatoms. The summed E-state index contributed by atoms with van der Waals surface area (Å²) < 4.78 is 5.24. The second-order valence-corrected chi connectivity index (χ2v) is 5.54. The van der Waals surface area contributed by atoms with E-state index in [2.05, 4.69) is 15.3 Å². The fourth-order valence-electron chi connectivity index (χ4n) is 2.31. The van der Waals surface area contributed by atoms with Crippen molar-refractivity contribution in [2.24, 2.45) is 0 Å². The number of hydrogen-bond acceptors (Lipinski definition) is 4. The van der Waals surface area contributed by atoms with Crippen molar-refractivity contribution in [2.75, 3.05) is 5.32 Å². The van der Waals surface area contributed by atoms with Crippen molar-refractivity contribution in [1.29, 1.82) is 0 Å². The van der Waals surface area contributed by atoms with E-state index >= 15 is 0 Å². The molecule has 0 spiro atoms. The molecule has 1 unspecified atom stereocenters. The number of anilines is 1. The number of aryl methyl sites for hydroxylation is 1. The number of H-pyrrole nitrogens is 1. The van der Waals surface area contributed by atoms with Gasteiger partial charge in [-0.2, -0.15) is 0 Å². The van der Waals surface area contributed by atoms with Gasteiger partial charge in [0.15, 0.2) is 6.10 Å². The number of aromatic amines is 1. The third kappa shape index (κ3) is 3.43. The average molecular weight is 323 g/mol. The van der Waals surface area contributed by atoms with Gasteiger partial charge in [-0.25, -0.2) is 9.78 Å². The summed E-state index contributed by atoms with van der Waals surface area (Å²) in [6.45, 7) is 3.47. The Bertz CT molecular complexity index is 901. The number of benzene rings is 2. The molecule has 1 aromatic heterocycles. The molecule has 0 aliphatic rings. The minimum Gasteiger partial charge on any atom is -0.449 e. The second kappa shape index (κ2) is 6.54. The first kappa shape index (κ1) is 15.7. The zero-order valence-electron chi connectivity index (χ0n) is 13.4. The fourth-order valence-corrected chi connectivity index (χ4v) is 2.31. The SMILES string of the molecule is Cc1cccc(NC(=O)C(C)OC(=O)c2ccc3nc[nH]c3c2)c1. The predicted molar refractivity (Wildman–Crippen MR) is 90.8 cm³/mol. The number of rotatable bonds is 4. The highest BCUT2D eigenvalue weighted by Crippen LogP contribution is 2.14. The van der Waals surface area contributed by atoms with E-state index in [4.69, 9.17) is 4.74 Å². The summed E-state index contributed by atoms with van der Waals surface area (Å²) in [7, 11) is 0. The summed E-state index contributed by atoms with van der Waals surface area (Å²) in [6.07, 6.45) is 0.646. The van der Waals surface area contributed by atoms with Gasteiger partial charge >= 0.3 is 5.97 Å². The highest BCUT2D eigenvalue weighted by molar-refractivity contribution is 5.98. The minimum atomic E-state index is -0.907. The lowest BCUT2D eigenvalue weighted by molar-refractivity contribution is -0.123. The Labute approximate surface area is 138 Å². The Morgan fingerprint density at radius 1 is 1.21 bits per heavy atom. The summed E-state index contributed by atoms with van der Waals surface area (Å²) in [5, 5.41) is 2.73. The summed E-state index contributed by atoms with van der Waals surface area (Å²) in [4.78, 5) is 31.4. The predicted octanol–water partition coefficient (Wildman–Crippen LogP) is 3.06. The number of carbonyl (C=O) groups is 2. The molecule has 0 aliphatic heterocycles. The molecule has 2 N–H and O–H groups in total. The van der Waals surface area contributed by atoms with Crippen LogP contribution in [0.1, 0.15) is 22.8 Å². The molecule has 2 aromatic carbocycles. The van der Waals surface area contributed by atoms with Crippen LogP contribution in [-0.2, 0) is 9.53 Å². The van der Waals surface area contributed by atoms with Gasteiger partial charge in [-0.1, -0.05) is 12.1 Å². The third-order valence-corrected chi connectivity index (χ3v) is 3.59. The zero-order valence-corrected chi connectivity index (χ0v) is 13.4. The van der Waals surface area contributed by atoms with Crippen LogP contribution in [0.3, 0.4) is 0 Å². The van der Waals surface area contributed by atoms with Gasteiger partial charge in [0, 0.05) is 5.69 Å². The Morgan fingerprint density at radius 3 is 2.83 bits per heavy atom. The quantitative estimate of drug-likeness (QED) is 0.723. The van der Waals surface area contributed by atoms with Crippen molar-refractivity contribution >= 4 is 28.6 Å². The summed E-state index contributed by atoms with van der Waals surface area (Å²) >= 11 is 0. The topological polar surface area (TPSA) is 84.1 Å². The lowest BCUT2D eigenvalue weighted by atomic mass is 10.2. The molecule has 24 heavy (non-hydrogen) atoms. The minimum absolute atomic E-state index is 0.363. The van der Waals surface area contributed by atoms with Crippen LogP contribution < -0.4 is 5.32 Å². The largest absolute Gasteiger partial charge is 0.449 e. The van der Waals surface area contributed by atoms with Gasteiger partial charge < -0.3 is 15.0 Å². The molecule has 3 rings (SSSR count). The van der Waals surface area contributed by atoms with E-state index in [0.29, 0.717) is 11.3 Å². The number of hydrogen-bond donors (Lipinski definition) is 2. The van der Waals surface area contributed by atoms with Crippen LogP contribution in [-0.4, -0.2) is 27.9 Å². The number of nitrogens with zero attached hydrogens (tertiary/aromatic N) is 1. The number of amides is 1. The molecule has 0 radical (unpaired) electrons. The standard InChI is InChI=1S/C18H17N3O3/c1-11-4-3-5-14(8-11)21-17(22)12(2)24-18(23)13-6-7-15-16(9-13)20-10-19-15/h3-10,12H,1-2H3,(H,19,20)(H,21,22). The monoisotopic (exact) mass is 323 g/mol. The first-order valence-corrected chi connectivity index (χ1v) is 7.54. The van der Waals surface area contributed by atoms with Crippen molar-refractivity contribution in [2.45, 2.75) is 20.0 Å². The summed E-state index contributed by atoms with van der Waals surface area (Å²) in [5.41, 5.74) is 3.56.